The van der Waals surface area contributed by atoms with Crippen molar-refractivity contribution in [2.24, 2.45) is 0 Å². The van der Waals surface area contributed by atoms with Crippen LogP contribution in [-0.4, -0.2) is 31.2 Å². The normalized spacial score (nSPS) is 12.7. The van der Waals surface area contributed by atoms with E-state index < -0.39 is 11.6 Å². The first-order valence-corrected chi connectivity index (χ1v) is 7.21. The van der Waals surface area contributed by atoms with Gasteiger partial charge < -0.3 is 20.4 Å². The summed E-state index contributed by atoms with van der Waals surface area (Å²) in [5.74, 6) is -5.59. The van der Waals surface area contributed by atoms with Crippen molar-refractivity contribution in [2.45, 2.75) is 29.1 Å². The summed E-state index contributed by atoms with van der Waals surface area (Å²) in [7, 11) is 0. The molecule has 0 amide bonds. The van der Waals surface area contributed by atoms with Gasteiger partial charge in [0.1, 0.15) is 10.7 Å². The smallest absolute Gasteiger partial charge is 0.265 e. The molecule has 0 aliphatic rings. The van der Waals surface area contributed by atoms with Gasteiger partial charge in [0.05, 0.1) is 4.21 Å². The maximum absolute atomic E-state index is 10.0. The van der Waals surface area contributed by atoms with E-state index in [-0.39, 0.29) is 16.3 Å². The predicted molar refractivity (Wildman–Crippen MR) is 78.4 cm³/mol. The monoisotopic (exact) mass is 313 g/mol. The standard InChI is InChI=1S/C13H15NO4S2/c1-2-12(15,16)13(17,18)9-11(19)20-10(14-9)8-6-4-3-5-7-8/h3-7,15-19H,2H2,1H3. The molecule has 0 radical (unpaired) electrons. The molecule has 108 valence electrons. The predicted octanol–water partition coefficient (Wildman–Crippen LogP) is 1.33. The van der Waals surface area contributed by atoms with E-state index in [0.29, 0.717) is 5.01 Å². The fourth-order valence-corrected chi connectivity index (χ4v) is 3.00. The molecule has 4 N–H and O–H groups in total. The van der Waals surface area contributed by atoms with E-state index >= 15 is 0 Å². The molecule has 7 heteroatoms. The molecule has 0 aliphatic heterocycles. The number of thiol groups is 1. The Labute approximate surface area is 125 Å². The van der Waals surface area contributed by atoms with Crippen LogP contribution in [0.3, 0.4) is 0 Å². The van der Waals surface area contributed by atoms with Gasteiger partial charge in [-0.3, -0.25) is 0 Å². The molecule has 0 saturated heterocycles. The highest BCUT2D eigenvalue weighted by atomic mass is 32.2. The highest BCUT2D eigenvalue weighted by Crippen LogP contribution is 2.39. The van der Waals surface area contributed by atoms with E-state index in [1.54, 1.807) is 0 Å². The summed E-state index contributed by atoms with van der Waals surface area (Å²) in [4.78, 5) is 4.09. The molecule has 1 aromatic carbocycles. The van der Waals surface area contributed by atoms with E-state index in [9.17, 15) is 20.4 Å². The van der Waals surface area contributed by atoms with Crippen LogP contribution in [0, 0.1) is 0 Å². The van der Waals surface area contributed by atoms with Crippen LogP contribution in [0.25, 0.3) is 10.6 Å². The van der Waals surface area contributed by atoms with Crippen molar-refractivity contribution < 1.29 is 20.4 Å². The number of rotatable bonds is 4. The van der Waals surface area contributed by atoms with Crippen molar-refractivity contribution in [3.8, 4) is 10.6 Å². The third-order valence-corrected chi connectivity index (χ3v) is 4.40. The fraction of sp³-hybridized carbons (Fsp3) is 0.308. The molecule has 5 nitrogen and oxygen atoms in total. The van der Waals surface area contributed by atoms with Crippen LogP contribution >= 0.6 is 24.0 Å². The number of hydrogen-bond donors (Lipinski definition) is 5. The summed E-state index contributed by atoms with van der Waals surface area (Å²) in [6.07, 6.45) is -0.272. The van der Waals surface area contributed by atoms with Crippen LogP contribution in [0.15, 0.2) is 34.5 Å². The zero-order chi connectivity index (χ0) is 15.0. The number of aromatic nitrogens is 1. The van der Waals surface area contributed by atoms with Gasteiger partial charge in [-0.2, -0.15) is 0 Å². The average molecular weight is 313 g/mol. The van der Waals surface area contributed by atoms with E-state index in [4.69, 9.17) is 0 Å². The Morgan fingerprint density at radius 3 is 2.30 bits per heavy atom. The molecule has 2 aromatic rings. The molecule has 20 heavy (non-hydrogen) atoms. The summed E-state index contributed by atoms with van der Waals surface area (Å²) in [5, 5.41) is 39.9. The van der Waals surface area contributed by atoms with E-state index in [0.717, 1.165) is 16.9 Å². The minimum absolute atomic E-state index is 0.217. The van der Waals surface area contributed by atoms with Crippen molar-refractivity contribution in [3.05, 3.63) is 36.0 Å². The highest BCUT2D eigenvalue weighted by molar-refractivity contribution is 7.83. The third-order valence-electron chi connectivity index (χ3n) is 3.01. The average Bonchev–Trinajstić information content (AvgIpc) is 2.82. The molecule has 0 aliphatic carbocycles. The molecule has 1 aromatic heterocycles. The summed E-state index contributed by atoms with van der Waals surface area (Å²) in [6, 6.07) is 9.14. The van der Waals surface area contributed by atoms with Crippen LogP contribution in [0.2, 0.25) is 0 Å². The van der Waals surface area contributed by atoms with Crippen LogP contribution in [0.1, 0.15) is 19.0 Å². The second kappa shape index (κ2) is 5.44. The molecular weight excluding hydrogens is 298 g/mol. The molecule has 0 saturated carbocycles. The Hall–Kier alpha value is -0.960. The van der Waals surface area contributed by atoms with Gasteiger partial charge >= 0.3 is 0 Å². The Morgan fingerprint density at radius 2 is 1.75 bits per heavy atom. The Balaban J connectivity index is 2.48. The second-order valence-electron chi connectivity index (χ2n) is 4.38. The Kier molecular flexibility index (Phi) is 4.19. The van der Waals surface area contributed by atoms with Gasteiger partial charge in [-0.25, -0.2) is 4.98 Å². The molecule has 0 fully saturated rings. The topological polar surface area (TPSA) is 93.8 Å². The second-order valence-corrected chi connectivity index (χ2v) is 6.13. The van der Waals surface area contributed by atoms with Crippen molar-refractivity contribution in [1.29, 1.82) is 0 Å². The molecule has 0 bridgehead atoms. The summed E-state index contributed by atoms with van der Waals surface area (Å²) in [5.41, 5.74) is 0.518. The number of nitrogens with zero attached hydrogens (tertiary/aromatic N) is 1. The van der Waals surface area contributed by atoms with Gasteiger partial charge in [0.15, 0.2) is 0 Å². The van der Waals surface area contributed by atoms with Gasteiger partial charge in [-0.15, -0.1) is 24.0 Å². The summed E-state index contributed by atoms with van der Waals surface area (Å²) in [6.45, 7) is 1.42. The summed E-state index contributed by atoms with van der Waals surface area (Å²) >= 11 is 5.28. The highest BCUT2D eigenvalue weighted by Gasteiger charge is 2.50. The van der Waals surface area contributed by atoms with Crippen LogP contribution in [0.5, 0.6) is 0 Å². The first-order valence-electron chi connectivity index (χ1n) is 5.94. The maximum Gasteiger partial charge on any atom is 0.265 e. The van der Waals surface area contributed by atoms with Gasteiger partial charge in [-0.1, -0.05) is 37.3 Å². The Bertz CT molecular complexity index is 596. The lowest BCUT2D eigenvalue weighted by molar-refractivity contribution is -0.368. The quantitative estimate of drug-likeness (QED) is 0.434. The number of hydrogen-bond acceptors (Lipinski definition) is 7. The zero-order valence-electron chi connectivity index (χ0n) is 10.7. The van der Waals surface area contributed by atoms with Gasteiger partial charge in [-0.05, 0) is 0 Å². The number of aliphatic hydroxyl groups is 4. The minimum atomic E-state index is -2.89. The van der Waals surface area contributed by atoms with Crippen LogP contribution < -0.4 is 0 Å². The van der Waals surface area contributed by atoms with E-state index in [1.165, 1.54) is 6.92 Å². The third kappa shape index (κ3) is 2.60. The largest absolute Gasteiger partial charge is 0.361 e. The van der Waals surface area contributed by atoms with E-state index in [1.807, 2.05) is 30.3 Å². The molecule has 0 unspecified atom stereocenters. The molecule has 0 atom stereocenters. The van der Waals surface area contributed by atoms with E-state index in [2.05, 4.69) is 17.6 Å². The lowest BCUT2D eigenvalue weighted by atomic mass is 10.0. The zero-order valence-corrected chi connectivity index (χ0v) is 12.4. The van der Waals surface area contributed by atoms with Crippen LogP contribution in [0.4, 0.5) is 0 Å². The molecule has 1 heterocycles. The minimum Gasteiger partial charge on any atom is -0.361 e. The Morgan fingerprint density at radius 1 is 1.15 bits per heavy atom. The van der Waals surface area contributed by atoms with Crippen molar-refractivity contribution in [2.75, 3.05) is 0 Å². The molecule has 0 spiro atoms. The van der Waals surface area contributed by atoms with Gasteiger partial charge in [0.2, 0.25) is 5.79 Å². The first-order chi connectivity index (χ1) is 9.29. The molecular formula is C13H15NO4S2. The van der Waals surface area contributed by atoms with Gasteiger partial charge in [0.25, 0.3) is 5.79 Å². The number of thiazole rings is 1. The van der Waals surface area contributed by atoms with Crippen LogP contribution in [-0.2, 0) is 5.79 Å². The van der Waals surface area contributed by atoms with Gasteiger partial charge in [0, 0.05) is 12.0 Å². The number of benzene rings is 1. The lowest BCUT2D eigenvalue weighted by Crippen LogP contribution is -2.51. The molecule has 2 rings (SSSR count). The SMILES string of the molecule is CCC(O)(O)C(O)(O)c1nc(-c2ccccc2)sc1S. The van der Waals surface area contributed by atoms with Crippen molar-refractivity contribution in [3.63, 3.8) is 0 Å². The maximum atomic E-state index is 10.0. The van der Waals surface area contributed by atoms with Crippen molar-refractivity contribution in [1.82, 2.24) is 4.98 Å². The lowest BCUT2D eigenvalue weighted by Gasteiger charge is -2.33. The fourth-order valence-electron chi connectivity index (χ4n) is 1.68. The first kappa shape index (κ1) is 15.4. The summed E-state index contributed by atoms with van der Waals surface area (Å²) < 4.78 is 0.217. The van der Waals surface area contributed by atoms with Crippen molar-refractivity contribution >= 4 is 24.0 Å².